The number of fused-ring (bicyclic) bond motifs is 8. The van der Waals surface area contributed by atoms with Crippen LogP contribution < -0.4 is 9.47 Å². The molecule has 0 fully saturated rings. The van der Waals surface area contributed by atoms with Gasteiger partial charge in [0.25, 0.3) is 0 Å². The number of imidazole rings is 2. The first-order chi connectivity index (χ1) is 15.7. The number of rotatable bonds is 2. The number of para-hydroxylation sites is 2. The summed E-state index contributed by atoms with van der Waals surface area (Å²) in [6.45, 7) is 3.46. The van der Waals surface area contributed by atoms with Crippen LogP contribution in [0, 0.1) is 6.92 Å². The summed E-state index contributed by atoms with van der Waals surface area (Å²) in [5.41, 5.74) is 6.46. The monoisotopic (exact) mass is 420 g/mol. The summed E-state index contributed by atoms with van der Waals surface area (Å²) >= 11 is 0. The third-order valence-corrected chi connectivity index (χ3v) is 6.27. The first-order valence-corrected chi connectivity index (χ1v) is 10.8. The van der Waals surface area contributed by atoms with Crippen LogP contribution in [-0.4, -0.2) is 19.1 Å². The van der Waals surface area contributed by atoms with Crippen LogP contribution in [0.4, 0.5) is 0 Å². The third-order valence-electron chi connectivity index (χ3n) is 6.27. The van der Waals surface area contributed by atoms with Gasteiger partial charge in [0, 0.05) is 18.3 Å². The highest BCUT2D eigenvalue weighted by Gasteiger charge is 2.23. The highest BCUT2D eigenvalue weighted by Crippen LogP contribution is 2.40. The number of aromatic nitrogens is 4. The molecule has 32 heavy (non-hydrogen) atoms. The molecule has 0 bridgehead atoms. The van der Waals surface area contributed by atoms with Crippen molar-refractivity contribution in [3.05, 3.63) is 78.1 Å². The lowest BCUT2D eigenvalue weighted by atomic mass is 10.0. The number of hydrogen-bond acceptors (Lipinski definition) is 4. The van der Waals surface area contributed by atoms with Gasteiger partial charge in [-0.05, 0) is 61.4 Å². The highest BCUT2D eigenvalue weighted by atomic mass is 16.5. The van der Waals surface area contributed by atoms with E-state index in [2.05, 4.69) is 33.5 Å². The summed E-state index contributed by atoms with van der Waals surface area (Å²) in [5.74, 6) is 4.29. The molecule has 2 aliphatic rings. The molecule has 6 heteroatoms. The molecule has 3 aromatic carbocycles. The molecule has 0 radical (unpaired) electrons. The largest absolute Gasteiger partial charge is 0.472 e. The summed E-state index contributed by atoms with van der Waals surface area (Å²) in [5, 5.41) is 0. The Morgan fingerprint density at radius 3 is 2.69 bits per heavy atom. The predicted molar refractivity (Wildman–Crippen MR) is 122 cm³/mol. The quantitative estimate of drug-likeness (QED) is 0.374. The van der Waals surface area contributed by atoms with E-state index in [1.807, 2.05) is 49.4 Å². The molecular weight excluding hydrogens is 400 g/mol. The highest BCUT2D eigenvalue weighted by molar-refractivity contribution is 5.83. The number of nitrogens with zero attached hydrogens (tertiary/aromatic N) is 4. The summed E-state index contributed by atoms with van der Waals surface area (Å²) in [6.07, 6.45) is 3.12. The van der Waals surface area contributed by atoms with E-state index in [4.69, 9.17) is 19.4 Å². The maximum absolute atomic E-state index is 6.29. The molecule has 0 aliphatic carbocycles. The first kappa shape index (κ1) is 17.6. The van der Waals surface area contributed by atoms with E-state index in [0.29, 0.717) is 6.73 Å². The Balaban J connectivity index is 1.27. The van der Waals surface area contributed by atoms with Gasteiger partial charge < -0.3 is 14.0 Å². The average Bonchev–Trinajstić information content (AvgIpc) is 3.39. The maximum atomic E-state index is 6.29. The Labute approximate surface area is 184 Å². The van der Waals surface area contributed by atoms with Crippen molar-refractivity contribution in [2.75, 3.05) is 0 Å². The molecule has 5 aromatic rings. The molecule has 6 nitrogen and oxygen atoms in total. The van der Waals surface area contributed by atoms with Gasteiger partial charge in [-0.1, -0.05) is 18.2 Å². The minimum atomic E-state index is 0.458. The fourth-order valence-corrected chi connectivity index (χ4v) is 4.77. The number of hydrogen-bond donors (Lipinski definition) is 0. The van der Waals surface area contributed by atoms with E-state index in [-0.39, 0.29) is 0 Å². The number of aryl methyl sites for hydroxylation is 3. The fourth-order valence-electron chi connectivity index (χ4n) is 4.77. The standard InChI is InChI=1S/C26H20N4O2/c1-16-14-29-11-10-17-6-7-18(12-20(17)25(29)27-16)32-19-8-9-24-21(13-19)26-28-22-4-2-3-5-23(22)30(26)15-31-24/h2-9,12-14H,10-11,15H2,1H3. The van der Waals surface area contributed by atoms with E-state index in [0.717, 1.165) is 69.7 Å². The molecule has 7 rings (SSSR count). The smallest absolute Gasteiger partial charge is 0.167 e. The summed E-state index contributed by atoms with van der Waals surface area (Å²) in [4.78, 5) is 9.57. The Kier molecular flexibility index (Phi) is 3.56. The molecular formula is C26H20N4O2. The Hall–Kier alpha value is -4.06. The van der Waals surface area contributed by atoms with Crippen LogP contribution in [0.15, 0.2) is 66.9 Å². The van der Waals surface area contributed by atoms with Crippen LogP contribution in [-0.2, 0) is 19.7 Å². The molecule has 0 amide bonds. The van der Waals surface area contributed by atoms with Crippen LogP contribution in [0.3, 0.4) is 0 Å². The Morgan fingerprint density at radius 2 is 1.75 bits per heavy atom. The zero-order valence-electron chi connectivity index (χ0n) is 17.6. The van der Waals surface area contributed by atoms with Crippen LogP contribution in [0.5, 0.6) is 17.2 Å². The van der Waals surface area contributed by atoms with Crippen LogP contribution in [0.2, 0.25) is 0 Å². The molecule has 2 aromatic heterocycles. The second kappa shape index (κ2) is 6.47. The predicted octanol–water partition coefficient (Wildman–Crippen LogP) is 5.57. The van der Waals surface area contributed by atoms with Gasteiger partial charge in [0.2, 0.25) is 0 Å². The topological polar surface area (TPSA) is 54.1 Å². The zero-order valence-corrected chi connectivity index (χ0v) is 17.6. The van der Waals surface area contributed by atoms with Crippen molar-refractivity contribution >= 4 is 11.0 Å². The van der Waals surface area contributed by atoms with Gasteiger partial charge in [0.05, 0.1) is 22.3 Å². The Bertz CT molecular complexity index is 1530. The van der Waals surface area contributed by atoms with Gasteiger partial charge in [-0.25, -0.2) is 9.97 Å². The summed E-state index contributed by atoms with van der Waals surface area (Å²) in [6, 6.07) is 20.3. The van der Waals surface area contributed by atoms with Crippen LogP contribution >= 0.6 is 0 Å². The van der Waals surface area contributed by atoms with Gasteiger partial charge in [0.15, 0.2) is 6.73 Å². The molecule has 0 spiro atoms. The number of benzene rings is 3. The normalized spacial score (nSPS) is 13.7. The third kappa shape index (κ3) is 2.59. The maximum Gasteiger partial charge on any atom is 0.167 e. The van der Waals surface area contributed by atoms with Crippen molar-refractivity contribution in [2.45, 2.75) is 26.6 Å². The van der Waals surface area contributed by atoms with Gasteiger partial charge in [-0.15, -0.1) is 0 Å². The van der Waals surface area contributed by atoms with Gasteiger partial charge in [-0.3, -0.25) is 4.57 Å². The SMILES string of the molecule is Cc1cn2c(n1)-c1cc(Oc3ccc4c(c3)-c3nc5ccccc5n3CO4)ccc1CC2. The molecule has 156 valence electrons. The minimum absolute atomic E-state index is 0.458. The van der Waals surface area contributed by atoms with Crippen molar-refractivity contribution in [3.63, 3.8) is 0 Å². The zero-order chi connectivity index (χ0) is 21.2. The van der Waals surface area contributed by atoms with Gasteiger partial charge in [0.1, 0.15) is 28.9 Å². The van der Waals surface area contributed by atoms with Gasteiger partial charge >= 0.3 is 0 Å². The minimum Gasteiger partial charge on any atom is -0.472 e. The molecule has 0 atom stereocenters. The average molecular weight is 420 g/mol. The van der Waals surface area contributed by atoms with Gasteiger partial charge in [-0.2, -0.15) is 0 Å². The second-order valence-corrected chi connectivity index (χ2v) is 8.35. The van der Waals surface area contributed by atoms with Crippen molar-refractivity contribution in [2.24, 2.45) is 0 Å². The molecule has 4 heterocycles. The van der Waals surface area contributed by atoms with Crippen molar-refractivity contribution in [3.8, 4) is 40.0 Å². The van der Waals surface area contributed by atoms with E-state index in [1.54, 1.807) is 0 Å². The summed E-state index contributed by atoms with van der Waals surface area (Å²) < 4.78 is 16.6. The molecule has 0 unspecified atom stereocenters. The lowest BCUT2D eigenvalue weighted by Gasteiger charge is -2.21. The summed E-state index contributed by atoms with van der Waals surface area (Å²) in [7, 11) is 0. The second-order valence-electron chi connectivity index (χ2n) is 8.35. The molecule has 0 saturated heterocycles. The van der Waals surface area contributed by atoms with Crippen molar-refractivity contribution in [1.29, 1.82) is 0 Å². The van der Waals surface area contributed by atoms with E-state index in [1.165, 1.54) is 5.56 Å². The van der Waals surface area contributed by atoms with Crippen LogP contribution in [0.25, 0.3) is 33.8 Å². The fraction of sp³-hybridized carbons (Fsp3) is 0.154. The van der Waals surface area contributed by atoms with E-state index in [9.17, 15) is 0 Å². The Morgan fingerprint density at radius 1 is 0.906 bits per heavy atom. The van der Waals surface area contributed by atoms with Crippen molar-refractivity contribution in [1.82, 2.24) is 19.1 Å². The molecule has 2 aliphatic heterocycles. The lowest BCUT2D eigenvalue weighted by molar-refractivity contribution is 0.234. The van der Waals surface area contributed by atoms with E-state index < -0.39 is 0 Å². The first-order valence-electron chi connectivity index (χ1n) is 10.8. The molecule has 0 saturated carbocycles. The lowest BCUT2D eigenvalue weighted by Crippen LogP contribution is -2.12. The van der Waals surface area contributed by atoms with Crippen molar-refractivity contribution < 1.29 is 9.47 Å². The number of ether oxygens (including phenoxy) is 2. The van der Waals surface area contributed by atoms with Crippen LogP contribution in [0.1, 0.15) is 11.3 Å². The molecule has 0 N–H and O–H groups in total. The van der Waals surface area contributed by atoms with E-state index >= 15 is 0 Å².